The van der Waals surface area contributed by atoms with Gasteiger partial charge in [-0.05, 0) is 37.0 Å². The van der Waals surface area contributed by atoms with E-state index >= 15 is 0 Å². The van der Waals surface area contributed by atoms with Gasteiger partial charge in [0.15, 0.2) is 0 Å². The molecule has 1 saturated heterocycles. The number of carbonyl (C=O) groups is 1. The average Bonchev–Trinajstić information content (AvgIpc) is 3.01. The highest BCUT2D eigenvalue weighted by molar-refractivity contribution is 5.94. The van der Waals surface area contributed by atoms with E-state index in [1.54, 1.807) is 4.68 Å². The third-order valence-corrected chi connectivity index (χ3v) is 5.07. The van der Waals surface area contributed by atoms with E-state index in [9.17, 15) is 4.79 Å². The summed E-state index contributed by atoms with van der Waals surface area (Å²) in [5, 5.41) is 11.1. The minimum Gasteiger partial charge on any atom is -0.310 e. The molecular weight excluding hydrogens is 324 g/mol. The van der Waals surface area contributed by atoms with Crippen LogP contribution in [-0.4, -0.2) is 27.8 Å². The molecule has 2 N–H and O–H groups in total. The highest BCUT2D eigenvalue weighted by Gasteiger charge is 2.38. The largest absolute Gasteiger partial charge is 0.310 e. The molecule has 24 heavy (non-hydrogen) atoms. The van der Waals surface area contributed by atoms with Crippen LogP contribution >= 0.6 is 12.4 Å². The Bertz CT molecular complexity index is 564. The summed E-state index contributed by atoms with van der Waals surface area (Å²) in [6.07, 6.45) is 6.97. The number of nitrogens with zero attached hydrogens (tertiary/aromatic N) is 2. The summed E-state index contributed by atoms with van der Waals surface area (Å²) in [4.78, 5) is 12.6. The lowest BCUT2D eigenvalue weighted by Crippen LogP contribution is -2.40. The van der Waals surface area contributed by atoms with Gasteiger partial charge in [-0.1, -0.05) is 33.6 Å². The summed E-state index contributed by atoms with van der Waals surface area (Å²) in [6.45, 7) is 6.60. The second-order valence-electron chi connectivity index (χ2n) is 8.48. The Hall–Kier alpha value is -1.07. The first-order valence-corrected chi connectivity index (χ1v) is 8.92. The number of hydrogen-bond acceptors (Lipinski definition) is 3. The predicted octanol–water partition coefficient (Wildman–Crippen LogP) is 3.29. The lowest BCUT2D eigenvalue weighted by molar-refractivity contribution is -0.117. The minimum absolute atomic E-state index is 0. The standard InChI is InChI=1S/C18H30N4O.ClH/c1-18(2,3)11-13-10-16(22(4)21-13)20-17(23)15-9-12-7-5-6-8-14(12)19-15;/h10,12,14-15,19H,5-9,11H2,1-4H3,(H,20,23);1H. The monoisotopic (exact) mass is 354 g/mol. The Labute approximate surface area is 151 Å². The Balaban J connectivity index is 0.00000208. The van der Waals surface area contributed by atoms with Crippen LogP contribution in [0.4, 0.5) is 5.82 Å². The summed E-state index contributed by atoms with van der Waals surface area (Å²) in [7, 11) is 1.89. The number of anilines is 1. The van der Waals surface area contributed by atoms with Gasteiger partial charge in [-0.15, -0.1) is 12.4 Å². The number of hydrogen-bond donors (Lipinski definition) is 2. The zero-order valence-electron chi connectivity index (χ0n) is 15.3. The SMILES string of the molecule is Cl.Cn1nc(CC(C)(C)C)cc1NC(=O)C1CC2CCCCC2N1. The van der Waals surface area contributed by atoms with Crippen molar-refractivity contribution >= 4 is 24.1 Å². The fraction of sp³-hybridized carbons (Fsp3) is 0.778. The Morgan fingerprint density at radius 2 is 2.08 bits per heavy atom. The molecule has 5 nitrogen and oxygen atoms in total. The van der Waals surface area contributed by atoms with Crippen LogP contribution in [0, 0.1) is 11.3 Å². The molecule has 0 radical (unpaired) electrons. The van der Waals surface area contributed by atoms with E-state index in [4.69, 9.17) is 0 Å². The summed E-state index contributed by atoms with van der Waals surface area (Å²) < 4.78 is 1.78. The van der Waals surface area contributed by atoms with Gasteiger partial charge in [0.2, 0.25) is 5.91 Å². The first-order valence-electron chi connectivity index (χ1n) is 8.92. The number of nitrogens with one attached hydrogen (secondary N) is 2. The maximum absolute atomic E-state index is 12.6. The molecule has 136 valence electrons. The zero-order valence-corrected chi connectivity index (χ0v) is 16.1. The molecule has 1 aromatic heterocycles. The maximum Gasteiger partial charge on any atom is 0.242 e. The van der Waals surface area contributed by atoms with Gasteiger partial charge in [0.05, 0.1) is 11.7 Å². The molecule has 1 amide bonds. The number of amides is 1. The molecule has 3 unspecified atom stereocenters. The van der Waals surface area contributed by atoms with Gasteiger partial charge in [-0.2, -0.15) is 5.10 Å². The molecule has 3 atom stereocenters. The molecule has 1 aliphatic carbocycles. The summed E-state index contributed by atoms with van der Waals surface area (Å²) in [5.74, 6) is 1.57. The molecule has 1 aliphatic heterocycles. The molecule has 2 fully saturated rings. The van der Waals surface area contributed by atoms with Gasteiger partial charge in [-0.3, -0.25) is 9.48 Å². The molecule has 2 heterocycles. The van der Waals surface area contributed by atoms with Crippen LogP contribution in [-0.2, 0) is 18.3 Å². The van der Waals surface area contributed by atoms with Gasteiger partial charge >= 0.3 is 0 Å². The fourth-order valence-electron chi connectivity index (χ4n) is 4.01. The van der Waals surface area contributed by atoms with Crippen molar-refractivity contribution in [3.8, 4) is 0 Å². The van der Waals surface area contributed by atoms with Crippen molar-refractivity contribution in [2.24, 2.45) is 18.4 Å². The van der Waals surface area contributed by atoms with Crippen molar-refractivity contribution in [3.05, 3.63) is 11.8 Å². The Morgan fingerprint density at radius 3 is 2.75 bits per heavy atom. The van der Waals surface area contributed by atoms with Crippen molar-refractivity contribution in [2.45, 2.75) is 71.4 Å². The van der Waals surface area contributed by atoms with E-state index in [0.717, 1.165) is 24.4 Å². The second-order valence-corrected chi connectivity index (χ2v) is 8.48. The molecule has 0 spiro atoms. The molecule has 3 rings (SSSR count). The van der Waals surface area contributed by atoms with Crippen molar-refractivity contribution in [1.82, 2.24) is 15.1 Å². The molecule has 1 aromatic rings. The highest BCUT2D eigenvalue weighted by atomic mass is 35.5. The van der Waals surface area contributed by atoms with Crippen LogP contribution < -0.4 is 10.6 Å². The highest BCUT2D eigenvalue weighted by Crippen LogP contribution is 2.33. The number of carbonyl (C=O) groups excluding carboxylic acids is 1. The zero-order chi connectivity index (χ0) is 16.6. The minimum atomic E-state index is -0.0518. The van der Waals surface area contributed by atoms with Crippen molar-refractivity contribution in [2.75, 3.05) is 5.32 Å². The summed E-state index contributed by atoms with van der Waals surface area (Å²) >= 11 is 0. The van der Waals surface area contributed by atoms with Crippen LogP contribution in [0.25, 0.3) is 0 Å². The number of aryl methyl sites for hydroxylation is 1. The van der Waals surface area contributed by atoms with E-state index in [-0.39, 0.29) is 29.8 Å². The average molecular weight is 355 g/mol. The molecule has 1 saturated carbocycles. The topological polar surface area (TPSA) is 59.0 Å². The normalized spacial score (nSPS) is 26.6. The van der Waals surface area contributed by atoms with Crippen molar-refractivity contribution in [1.29, 1.82) is 0 Å². The van der Waals surface area contributed by atoms with Crippen molar-refractivity contribution in [3.63, 3.8) is 0 Å². The first-order chi connectivity index (χ1) is 10.8. The number of aromatic nitrogens is 2. The smallest absolute Gasteiger partial charge is 0.242 e. The third-order valence-electron chi connectivity index (χ3n) is 5.07. The van der Waals surface area contributed by atoms with E-state index in [1.807, 2.05) is 13.1 Å². The number of halogens is 1. The second kappa shape index (κ2) is 7.44. The van der Waals surface area contributed by atoms with E-state index in [0.29, 0.717) is 12.0 Å². The van der Waals surface area contributed by atoms with Gasteiger partial charge in [0.1, 0.15) is 5.82 Å². The van der Waals surface area contributed by atoms with Crippen LogP contribution in [0.2, 0.25) is 0 Å². The quantitative estimate of drug-likeness (QED) is 0.875. The first kappa shape index (κ1) is 19.3. The van der Waals surface area contributed by atoms with Crippen molar-refractivity contribution < 1.29 is 4.79 Å². The molecular formula is C18H31ClN4O. The van der Waals surface area contributed by atoms with E-state index in [2.05, 4.69) is 36.5 Å². The summed E-state index contributed by atoms with van der Waals surface area (Å²) in [5.41, 5.74) is 1.22. The van der Waals surface area contributed by atoms with Gasteiger partial charge in [0.25, 0.3) is 0 Å². The van der Waals surface area contributed by atoms with E-state index < -0.39 is 0 Å². The number of fused-ring (bicyclic) bond motifs is 1. The van der Waals surface area contributed by atoms with Gasteiger partial charge in [-0.25, -0.2) is 0 Å². The van der Waals surface area contributed by atoms with Crippen LogP contribution in [0.15, 0.2) is 6.07 Å². The molecule has 0 aromatic carbocycles. The predicted molar refractivity (Wildman–Crippen MR) is 99.5 cm³/mol. The van der Waals surface area contributed by atoms with Crippen LogP contribution in [0.1, 0.15) is 58.6 Å². The summed E-state index contributed by atoms with van der Waals surface area (Å²) in [6, 6.07) is 2.50. The van der Waals surface area contributed by atoms with E-state index in [1.165, 1.54) is 25.7 Å². The maximum atomic E-state index is 12.6. The van der Waals surface area contributed by atoms with Gasteiger partial charge < -0.3 is 10.6 Å². The molecule has 2 aliphatic rings. The third kappa shape index (κ3) is 4.51. The fourth-order valence-corrected chi connectivity index (χ4v) is 4.01. The molecule has 0 bridgehead atoms. The number of rotatable bonds is 3. The van der Waals surface area contributed by atoms with Gasteiger partial charge in [0, 0.05) is 19.2 Å². The van der Waals surface area contributed by atoms with Crippen LogP contribution in [0.3, 0.4) is 0 Å². The lowest BCUT2D eigenvalue weighted by Gasteiger charge is -2.24. The van der Waals surface area contributed by atoms with Crippen LogP contribution in [0.5, 0.6) is 0 Å². The Kier molecular flexibility index (Phi) is 5.97. The lowest BCUT2D eigenvalue weighted by atomic mass is 9.85. The Morgan fingerprint density at radius 1 is 1.38 bits per heavy atom. The molecule has 6 heteroatoms.